The maximum Gasteiger partial charge on any atom is 0.191 e. The average Bonchev–Trinajstić information content (AvgIpc) is 3.02. The third kappa shape index (κ3) is 5.11. The number of halogens is 1. The van der Waals surface area contributed by atoms with Gasteiger partial charge >= 0.3 is 0 Å². The Bertz CT molecular complexity index is 535. The van der Waals surface area contributed by atoms with E-state index < -0.39 is 0 Å². The molecule has 1 fully saturated rings. The number of aliphatic imine (C=N–C) groups is 1. The van der Waals surface area contributed by atoms with Gasteiger partial charge in [-0.1, -0.05) is 22.9 Å². The highest BCUT2D eigenvalue weighted by atomic mass is 79.9. The van der Waals surface area contributed by atoms with Crippen LogP contribution >= 0.6 is 15.9 Å². The molecular formula is C17H27BrN4O. The largest absolute Gasteiger partial charge is 0.496 e. The summed E-state index contributed by atoms with van der Waals surface area (Å²) in [6.07, 6.45) is 2.55. The number of ether oxygens (including phenoxy) is 1. The summed E-state index contributed by atoms with van der Waals surface area (Å²) < 4.78 is 6.45. The zero-order chi connectivity index (χ0) is 16.7. The number of nitrogens with zero attached hydrogens (tertiary/aromatic N) is 2. The van der Waals surface area contributed by atoms with Crippen LogP contribution in [0.25, 0.3) is 0 Å². The fourth-order valence-electron chi connectivity index (χ4n) is 3.04. The van der Waals surface area contributed by atoms with Crippen LogP contribution < -0.4 is 15.4 Å². The molecule has 0 aromatic heterocycles. The number of likely N-dealkylation sites (N-methyl/N-ethyl adjacent to an activating group) is 1. The molecule has 0 bridgehead atoms. The number of nitrogens with one attached hydrogen (secondary N) is 2. The SMILES string of the molecule is CCN1CCCC1CNC(=NC)NCc1cc(Br)ccc1OC. The van der Waals surface area contributed by atoms with Crippen molar-refractivity contribution in [1.82, 2.24) is 15.5 Å². The molecule has 0 radical (unpaired) electrons. The molecule has 1 aliphatic heterocycles. The number of hydrogen-bond donors (Lipinski definition) is 2. The van der Waals surface area contributed by atoms with Crippen LogP contribution in [0.2, 0.25) is 0 Å². The Morgan fingerprint density at radius 2 is 2.26 bits per heavy atom. The van der Waals surface area contributed by atoms with Crippen LogP contribution in [0.15, 0.2) is 27.7 Å². The monoisotopic (exact) mass is 382 g/mol. The minimum atomic E-state index is 0.610. The van der Waals surface area contributed by atoms with Gasteiger partial charge in [-0.3, -0.25) is 9.89 Å². The number of rotatable bonds is 6. The minimum absolute atomic E-state index is 0.610. The second-order valence-electron chi connectivity index (χ2n) is 5.69. The van der Waals surface area contributed by atoms with Gasteiger partial charge < -0.3 is 15.4 Å². The molecular weight excluding hydrogens is 356 g/mol. The quantitative estimate of drug-likeness (QED) is 0.586. The predicted octanol–water partition coefficient (Wildman–Crippen LogP) is 2.61. The van der Waals surface area contributed by atoms with Gasteiger partial charge in [-0.2, -0.15) is 0 Å². The number of hydrogen-bond acceptors (Lipinski definition) is 3. The van der Waals surface area contributed by atoms with E-state index in [9.17, 15) is 0 Å². The predicted molar refractivity (Wildman–Crippen MR) is 99.2 cm³/mol. The first-order valence-corrected chi connectivity index (χ1v) is 8.98. The summed E-state index contributed by atoms with van der Waals surface area (Å²) >= 11 is 3.50. The lowest BCUT2D eigenvalue weighted by atomic mass is 10.2. The molecule has 1 aliphatic rings. The van der Waals surface area contributed by atoms with Crippen LogP contribution in [-0.4, -0.2) is 50.7 Å². The van der Waals surface area contributed by atoms with Crippen molar-refractivity contribution in [3.63, 3.8) is 0 Å². The zero-order valence-electron chi connectivity index (χ0n) is 14.2. The molecule has 6 heteroatoms. The standard InChI is InChI=1S/C17H27BrN4O/c1-4-22-9-5-6-15(22)12-21-17(19-2)20-11-13-10-14(18)7-8-16(13)23-3/h7-8,10,15H,4-6,9,11-12H2,1-3H3,(H2,19,20,21). The van der Waals surface area contributed by atoms with Crippen molar-refractivity contribution in [3.05, 3.63) is 28.2 Å². The Hall–Kier alpha value is -1.27. The average molecular weight is 383 g/mol. The van der Waals surface area contributed by atoms with Crippen molar-refractivity contribution in [1.29, 1.82) is 0 Å². The van der Waals surface area contributed by atoms with Gasteiger partial charge in [0, 0.05) is 36.2 Å². The molecule has 0 spiro atoms. The summed E-state index contributed by atoms with van der Waals surface area (Å²) in [5.41, 5.74) is 1.10. The summed E-state index contributed by atoms with van der Waals surface area (Å²) in [6, 6.07) is 6.62. The first kappa shape index (κ1) is 18.1. The van der Waals surface area contributed by atoms with Crippen LogP contribution in [0.5, 0.6) is 5.75 Å². The first-order valence-electron chi connectivity index (χ1n) is 8.19. The highest BCUT2D eigenvalue weighted by Gasteiger charge is 2.22. The van der Waals surface area contributed by atoms with Crippen molar-refractivity contribution >= 4 is 21.9 Å². The van der Waals surface area contributed by atoms with Gasteiger partial charge in [0.15, 0.2) is 5.96 Å². The molecule has 0 aliphatic carbocycles. The van der Waals surface area contributed by atoms with Crippen molar-refractivity contribution in [2.45, 2.75) is 32.4 Å². The van der Waals surface area contributed by atoms with E-state index in [0.29, 0.717) is 12.6 Å². The van der Waals surface area contributed by atoms with Gasteiger partial charge in [-0.15, -0.1) is 0 Å². The summed E-state index contributed by atoms with van der Waals surface area (Å²) in [5.74, 6) is 1.71. The van der Waals surface area contributed by atoms with Gasteiger partial charge in [0.05, 0.1) is 7.11 Å². The van der Waals surface area contributed by atoms with E-state index in [0.717, 1.165) is 34.8 Å². The van der Waals surface area contributed by atoms with Crippen LogP contribution in [0, 0.1) is 0 Å². The van der Waals surface area contributed by atoms with E-state index in [2.05, 4.69) is 49.4 Å². The molecule has 1 saturated heterocycles. The number of benzene rings is 1. The van der Waals surface area contributed by atoms with Crippen molar-refractivity contribution in [2.24, 2.45) is 4.99 Å². The van der Waals surface area contributed by atoms with Crippen molar-refractivity contribution < 1.29 is 4.74 Å². The molecule has 0 amide bonds. The van der Waals surface area contributed by atoms with E-state index in [1.165, 1.54) is 19.4 Å². The third-order valence-electron chi connectivity index (χ3n) is 4.32. The summed E-state index contributed by atoms with van der Waals surface area (Å²) in [5, 5.41) is 6.81. The maximum absolute atomic E-state index is 5.41. The van der Waals surface area contributed by atoms with E-state index in [4.69, 9.17) is 4.74 Å². The lowest BCUT2D eigenvalue weighted by molar-refractivity contribution is 0.267. The Kier molecular flexibility index (Phi) is 7.17. The Morgan fingerprint density at radius 1 is 1.43 bits per heavy atom. The van der Waals surface area contributed by atoms with E-state index in [1.807, 2.05) is 12.1 Å². The van der Waals surface area contributed by atoms with Gasteiger partial charge in [-0.05, 0) is 44.1 Å². The molecule has 1 atom stereocenters. The van der Waals surface area contributed by atoms with E-state index in [-0.39, 0.29) is 0 Å². The molecule has 0 saturated carbocycles. The van der Waals surface area contributed by atoms with Crippen LogP contribution in [0.1, 0.15) is 25.3 Å². The van der Waals surface area contributed by atoms with Crippen LogP contribution in [-0.2, 0) is 6.54 Å². The number of guanidine groups is 1. The third-order valence-corrected chi connectivity index (χ3v) is 4.82. The molecule has 23 heavy (non-hydrogen) atoms. The topological polar surface area (TPSA) is 48.9 Å². The van der Waals surface area contributed by atoms with Crippen molar-refractivity contribution in [2.75, 3.05) is 33.8 Å². The highest BCUT2D eigenvalue weighted by Crippen LogP contribution is 2.22. The first-order chi connectivity index (χ1) is 11.2. The van der Waals surface area contributed by atoms with Gasteiger partial charge in [0.25, 0.3) is 0 Å². The van der Waals surface area contributed by atoms with Gasteiger partial charge in [0.1, 0.15) is 5.75 Å². The highest BCUT2D eigenvalue weighted by molar-refractivity contribution is 9.10. The molecule has 128 valence electrons. The van der Waals surface area contributed by atoms with E-state index in [1.54, 1.807) is 14.2 Å². The summed E-state index contributed by atoms with van der Waals surface area (Å²) in [6.45, 7) is 6.16. The molecule has 1 aromatic rings. The summed E-state index contributed by atoms with van der Waals surface area (Å²) in [4.78, 5) is 6.84. The van der Waals surface area contributed by atoms with Crippen LogP contribution in [0.3, 0.4) is 0 Å². The fourth-order valence-corrected chi connectivity index (χ4v) is 3.45. The smallest absolute Gasteiger partial charge is 0.191 e. The Morgan fingerprint density at radius 3 is 2.96 bits per heavy atom. The summed E-state index contributed by atoms with van der Waals surface area (Å²) in [7, 11) is 3.50. The second-order valence-corrected chi connectivity index (χ2v) is 6.60. The molecule has 1 unspecified atom stereocenters. The minimum Gasteiger partial charge on any atom is -0.496 e. The number of methoxy groups -OCH3 is 1. The Balaban J connectivity index is 1.87. The van der Waals surface area contributed by atoms with Gasteiger partial charge in [0.2, 0.25) is 0 Å². The molecule has 5 nitrogen and oxygen atoms in total. The fraction of sp³-hybridized carbons (Fsp3) is 0.588. The maximum atomic E-state index is 5.41. The zero-order valence-corrected chi connectivity index (χ0v) is 15.8. The number of likely N-dealkylation sites (tertiary alicyclic amines) is 1. The molecule has 2 rings (SSSR count). The molecule has 1 aromatic carbocycles. The van der Waals surface area contributed by atoms with Crippen molar-refractivity contribution in [3.8, 4) is 5.75 Å². The Labute approximate surface area is 147 Å². The lowest BCUT2D eigenvalue weighted by Gasteiger charge is -2.24. The molecule has 1 heterocycles. The molecule has 2 N–H and O–H groups in total. The normalized spacial score (nSPS) is 19.0. The van der Waals surface area contributed by atoms with Crippen LogP contribution in [0.4, 0.5) is 0 Å². The second kappa shape index (κ2) is 9.13. The lowest BCUT2D eigenvalue weighted by Crippen LogP contribution is -2.44. The van der Waals surface area contributed by atoms with Gasteiger partial charge in [-0.25, -0.2) is 0 Å². The van der Waals surface area contributed by atoms with E-state index >= 15 is 0 Å².